The van der Waals surface area contributed by atoms with E-state index in [-0.39, 0.29) is 152 Å². The molecule has 4 aromatic carbocycles. The maximum absolute atomic E-state index is 13.0. The fourth-order valence-corrected chi connectivity index (χ4v) is 7.30. The Morgan fingerprint density at radius 3 is 1.23 bits per heavy atom. The second kappa shape index (κ2) is 30.6. The van der Waals surface area contributed by atoms with Crippen molar-refractivity contribution >= 4 is 26.2 Å². The summed E-state index contributed by atoms with van der Waals surface area (Å²) in [6, 6.07) is 25.5. The van der Waals surface area contributed by atoms with E-state index >= 15 is 0 Å². The van der Waals surface area contributed by atoms with Crippen LogP contribution in [0.3, 0.4) is 0 Å². The van der Waals surface area contributed by atoms with Crippen LogP contribution in [0.25, 0.3) is 0 Å². The zero-order valence-electron chi connectivity index (χ0n) is 37.9. The van der Waals surface area contributed by atoms with Gasteiger partial charge in [-0.25, -0.2) is 4.79 Å². The highest BCUT2D eigenvalue weighted by Gasteiger charge is 2.21. The van der Waals surface area contributed by atoms with Gasteiger partial charge in [0.1, 0.15) is 19.8 Å². The van der Waals surface area contributed by atoms with Crippen LogP contribution in [-0.2, 0) is 68.4 Å². The molecule has 0 amide bonds. The predicted octanol–water partition coefficient (Wildman–Crippen LogP) is 6.12. The molecule has 19 heteroatoms. The molecule has 0 bridgehead atoms. The monoisotopic (exact) mass is 962 g/mol. The van der Waals surface area contributed by atoms with E-state index in [4.69, 9.17) is 55.7 Å². The van der Waals surface area contributed by atoms with Crippen LogP contribution in [0, 0.1) is 13.8 Å². The highest BCUT2D eigenvalue weighted by Crippen LogP contribution is 2.40. The van der Waals surface area contributed by atoms with Gasteiger partial charge < -0.3 is 47.4 Å². The summed E-state index contributed by atoms with van der Waals surface area (Å²) in [5.41, 5.74) is 3.01. The molecular formula is C47H62O17S2. The summed E-state index contributed by atoms with van der Waals surface area (Å²) in [5.74, 6) is 0.260. The fourth-order valence-electron chi connectivity index (χ4n) is 5.52. The molecule has 0 aliphatic rings. The smallest absolute Gasteiger partial charge is 0.338 e. The maximum Gasteiger partial charge on any atom is 0.338 e. The van der Waals surface area contributed by atoms with Crippen LogP contribution >= 0.6 is 0 Å². The minimum absolute atomic E-state index is 0.0825. The lowest BCUT2D eigenvalue weighted by Crippen LogP contribution is -2.16. The number of aryl methyl sites for hydroxylation is 2. The number of carbonyl (C=O) groups is 1. The Kier molecular flexibility index (Phi) is 25.0. The van der Waals surface area contributed by atoms with E-state index in [1.807, 2.05) is 51.1 Å². The summed E-state index contributed by atoms with van der Waals surface area (Å²) in [6.45, 7) is 8.77. The lowest BCUT2D eigenvalue weighted by molar-refractivity contribution is 0.00464. The lowest BCUT2D eigenvalue weighted by Gasteiger charge is -2.19. The summed E-state index contributed by atoms with van der Waals surface area (Å²) in [5, 5.41) is 0. The molecule has 0 radical (unpaired) electrons. The number of rotatable bonds is 36. The van der Waals surface area contributed by atoms with E-state index < -0.39 is 26.2 Å². The van der Waals surface area contributed by atoms with Crippen molar-refractivity contribution in [1.29, 1.82) is 0 Å². The van der Waals surface area contributed by atoms with Crippen molar-refractivity contribution in [3.8, 4) is 17.2 Å². The summed E-state index contributed by atoms with van der Waals surface area (Å²) in [6.07, 6.45) is 0.644. The first kappa shape index (κ1) is 53.9. The first-order chi connectivity index (χ1) is 32.0. The van der Waals surface area contributed by atoms with E-state index in [0.29, 0.717) is 6.42 Å². The molecule has 0 aliphatic heterocycles. The van der Waals surface area contributed by atoms with Crippen LogP contribution in [-0.4, -0.2) is 135 Å². The zero-order valence-corrected chi connectivity index (χ0v) is 39.5. The van der Waals surface area contributed by atoms with Gasteiger partial charge in [0.05, 0.1) is 114 Å². The molecule has 0 fully saturated rings. The van der Waals surface area contributed by atoms with E-state index in [9.17, 15) is 21.6 Å². The molecule has 0 saturated heterocycles. The van der Waals surface area contributed by atoms with Gasteiger partial charge in [0.25, 0.3) is 20.2 Å². The number of benzene rings is 4. The Balaban J connectivity index is 1.16. The Hall–Kier alpha value is -4.67. The van der Waals surface area contributed by atoms with Gasteiger partial charge in [0.2, 0.25) is 5.75 Å². The highest BCUT2D eigenvalue weighted by molar-refractivity contribution is 7.87. The van der Waals surface area contributed by atoms with Crippen molar-refractivity contribution in [1.82, 2.24) is 0 Å². The average molecular weight is 963 g/mol. The van der Waals surface area contributed by atoms with Crippen molar-refractivity contribution in [2.75, 3.05) is 112 Å². The van der Waals surface area contributed by atoms with Crippen LogP contribution in [0.4, 0.5) is 0 Å². The van der Waals surface area contributed by atoms with Crippen molar-refractivity contribution in [3.05, 3.63) is 113 Å². The molecule has 0 aliphatic carbocycles. The molecule has 0 atom stereocenters. The zero-order chi connectivity index (χ0) is 47.3. The second-order valence-electron chi connectivity index (χ2n) is 14.3. The number of esters is 1. The van der Waals surface area contributed by atoms with E-state index in [0.717, 1.165) is 16.7 Å². The van der Waals surface area contributed by atoms with Crippen LogP contribution in [0.2, 0.25) is 0 Å². The third-order valence-corrected chi connectivity index (χ3v) is 11.6. The van der Waals surface area contributed by atoms with Gasteiger partial charge in [-0.15, -0.1) is 0 Å². The molecule has 0 saturated carbocycles. The third-order valence-electron chi connectivity index (χ3n) is 8.93. The fraction of sp³-hybridized carbons (Fsp3) is 0.468. The highest BCUT2D eigenvalue weighted by atomic mass is 32.2. The molecule has 0 aromatic heterocycles. The van der Waals surface area contributed by atoms with Crippen LogP contribution in [0.1, 0.15) is 40.4 Å². The van der Waals surface area contributed by atoms with Gasteiger partial charge in [-0.05, 0) is 62.2 Å². The normalized spacial score (nSPS) is 11.7. The van der Waals surface area contributed by atoms with Crippen molar-refractivity contribution in [3.63, 3.8) is 0 Å². The first-order valence-electron chi connectivity index (χ1n) is 21.6. The summed E-state index contributed by atoms with van der Waals surface area (Å²) in [7, 11) is -7.70. The molecule has 0 N–H and O–H groups in total. The lowest BCUT2D eigenvalue weighted by atomic mass is 10.1. The van der Waals surface area contributed by atoms with Crippen LogP contribution in [0.5, 0.6) is 17.2 Å². The minimum Gasteiger partial charge on any atom is -0.487 e. The molecule has 0 unspecified atom stereocenters. The van der Waals surface area contributed by atoms with Crippen molar-refractivity contribution < 1.29 is 77.4 Å². The summed E-state index contributed by atoms with van der Waals surface area (Å²) in [4.78, 5) is 13.2. The average Bonchev–Trinajstić information content (AvgIpc) is 3.31. The Morgan fingerprint density at radius 1 is 0.455 bits per heavy atom. The number of hydrogen-bond acceptors (Lipinski definition) is 17. The molecule has 0 spiro atoms. The number of carbonyl (C=O) groups excluding carboxylic acids is 1. The molecule has 4 rings (SSSR count). The Morgan fingerprint density at radius 2 is 0.833 bits per heavy atom. The molecule has 17 nitrogen and oxygen atoms in total. The Labute approximate surface area is 388 Å². The standard InChI is InChI=1S/C47H62O17S2/c1-4-18-61-47(48)41-35-44(59-31-27-55-23-19-53-21-25-57-29-33-63-65(49,50)42-14-10-38(2)11-15-42)46(62-37-40-8-6-5-7-9-40)45(36-41)60-32-28-56-24-20-54-22-26-58-30-34-64-66(51,52)43-16-12-39(3)13-17-43/h5-17,35-36H,4,18-34,37H2,1-3H3. The van der Waals surface area contributed by atoms with Crippen LogP contribution in [0.15, 0.2) is 101 Å². The topological polar surface area (TPSA) is 196 Å². The van der Waals surface area contributed by atoms with E-state index in [1.54, 1.807) is 36.4 Å². The van der Waals surface area contributed by atoms with E-state index in [2.05, 4.69) is 0 Å². The summed E-state index contributed by atoms with van der Waals surface area (Å²) >= 11 is 0. The predicted molar refractivity (Wildman–Crippen MR) is 242 cm³/mol. The third kappa shape index (κ3) is 20.9. The van der Waals surface area contributed by atoms with Gasteiger partial charge >= 0.3 is 5.97 Å². The molecular weight excluding hydrogens is 901 g/mol. The SMILES string of the molecule is CCCOC(=O)c1cc(OCCOCCOCCOCCOS(=O)(=O)c2ccc(C)cc2)c(OCc2ccccc2)c(OCCOCCOCCOCCOS(=O)(=O)c2ccc(C)cc2)c1. The summed E-state index contributed by atoms with van der Waals surface area (Å²) < 4.78 is 116. The van der Waals surface area contributed by atoms with Crippen molar-refractivity contribution in [2.45, 2.75) is 43.6 Å². The Bertz CT molecular complexity index is 2060. The molecule has 0 heterocycles. The van der Waals surface area contributed by atoms with Crippen LogP contribution < -0.4 is 14.2 Å². The molecule has 364 valence electrons. The first-order valence-corrected chi connectivity index (χ1v) is 24.5. The van der Waals surface area contributed by atoms with Gasteiger partial charge in [0, 0.05) is 0 Å². The molecule has 66 heavy (non-hydrogen) atoms. The number of ether oxygens (including phenoxy) is 10. The van der Waals surface area contributed by atoms with Gasteiger partial charge in [0.15, 0.2) is 11.5 Å². The van der Waals surface area contributed by atoms with Gasteiger partial charge in [-0.3, -0.25) is 8.37 Å². The van der Waals surface area contributed by atoms with Crippen molar-refractivity contribution in [2.24, 2.45) is 0 Å². The minimum atomic E-state index is -3.85. The molecule has 4 aromatic rings. The number of hydrogen-bond donors (Lipinski definition) is 0. The van der Waals surface area contributed by atoms with Gasteiger partial charge in [-0.1, -0.05) is 72.6 Å². The quantitative estimate of drug-likeness (QED) is 0.0287. The maximum atomic E-state index is 13.0. The largest absolute Gasteiger partial charge is 0.487 e. The van der Waals surface area contributed by atoms with E-state index in [1.165, 1.54) is 24.3 Å². The van der Waals surface area contributed by atoms with Gasteiger partial charge in [-0.2, -0.15) is 16.8 Å². The second-order valence-corrected chi connectivity index (χ2v) is 17.5.